The second kappa shape index (κ2) is 8.32. The molecule has 0 aliphatic carbocycles. The number of halogens is 2. The van der Waals surface area contributed by atoms with E-state index in [4.69, 9.17) is 0 Å². The number of likely N-dealkylation sites (N-methyl/N-ethyl adjacent to an activating group) is 1. The summed E-state index contributed by atoms with van der Waals surface area (Å²) in [6.07, 6.45) is 0.0423. The minimum atomic E-state index is -0.555. The molecule has 0 spiro atoms. The van der Waals surface area contributed by atoms with Crippen LogP contribution in [0.25, 0.3) is 0 Å². The molecule has 0 saturated carbocycles. The molecule has 0 saturated heterocycles. The number of rotatable bonds is 6. The van der Waals surface area contributed by atoms with Gasteiger partial charge in [-0.1, -0.05) is 6.07 Å². The number of pyridine rings is 1. The third kappa shape index (κ3) is 5.63. The highest BCUT2D eigenvalue weighted by atomic mass is 19.1. The van der Waals surface area contributed by atoms with Crippen molar-refractivity contribution in [3.8, 4) is 0 Å². The second-order valence-electron chi connectivity index (χ2n) is 5.70. The fourth-order valence-electron chi connectivity index (χ4n) is 2.27. The van der Waals surface area contributed by atoms with Crippen molar-refractivity contribution in [2.75, 3.05) is 18.9 Å². The van der Waals surface area contributed by atoms with Crippen LogP contribution in [-0.4, -0.2) is 35.3 Å². The van der Waals surface area contributed by atoms with E-state index in [0.29, 0.717) is 5.82 Å². The van der Waals surface area contributed by atoms with E-state index in [9.17, 15) is 18.4 Å². The van der Waals surface area contributed by atoms with Crippen molar-refractivity contribution in [3.63, 3.8) is 0 Å². The summed E-state index contributed by atoms with van der Waals surface area (Å²) in [5, 5.41) is 2.61. The van der Waals surface area contributed by atoms with Crippen molar-refractivity contribution < 1.29 is 18.4 Å². The Kier molecular flexibility index (Phi) is 6.16. The number of carbonyl (C=O) groups is 2. The first-order valence-corrected chi connectivity index (χ1v) is 7.76. The lowest BCUT2D eigenvalue weighted by Crippen LogP contribution is -2.35. The minimum Gasteiger partial charge on any atom is -0.336 e. The maximum Gasteiger partial charge on any atom is 0.245 e. The van der Waals surface area contributed by atoms with E-state index in [0.717, 1.165) is 23.9 Å². The fraction of sp³-hybridized carbons (Fsp3) is 0.278. The summed E-state index contributed by atoms with van der Waals surface area (Å²) in [5.74, 6) is -1.42. The molecule has 0 bridgehead atoms. The molecule has 5 nitrogen and oxygen atoms in total. The van der Waals surface area contributed by atoms with Gasteiger partial charge in [0, 0.05) is 19.2 Å². The summed E-state index contributed by atoms with van der Waals surface area (Å²) < 4.78 is 26.7. The Labute approximate surface area is 144 Å². The van der Waals surface area contributed by atoms with E-state index in [1.807, 2.05) is 0 Å². The van der Waals surface area contributed by atoms with Crippen molar-refractivity contribution in [1.29, 1.82) is 0 Å². The Morgan fingerprint density at radius 3 is 2.68 bits per heavy atom. The van der Waals surface area contributed by atoms with Crippen LogP contribution in [0.1, 0.15) is 17.7 Å². The SMILES string of the molecule is Cc1cccc(NC(=O)CN(C)C(=O)CCc2cc(F)ccc2F)n1. The van der Waals surface area contributed by atoms with Gasteiger partial charge in [-0.15, -0.1) is 0 Å². The molecule has 2 rings (SSSR count). The summed E-state index contributed by atoms with van der Waals surface area (Å²) in [5.41, 5.74) is 0.898. The van der Waals surface area contributed by atoms with Gasteiger partial charge in [0.05, 0.1) is 6.54 Å². The quantitative estimate of drug-likeness (QED) is 0.874. The molecule has 1 heterocycles. The van der Waals surface area contributed by atoms with Crippen LogP contribution in [-0.2, 0) is 16.0 Å². The van der Waals surface area contributed by atoms with Crippen LogP contribution in [0, 0.1) is 18.6 Å². The lowest BCUT2D eigenvalue weighted by atomic mass is 10.1. The largest absolute Gasteiger partial charge is 0.336 e. The summed E-state index contributed by atoms with van der Waals surface area (Å²) in [4.78, 5) is 29.4. The highest BCUT2D eigenvalue weighted by Gasteiger charge is 2.14. The number of carbonyl (C=O) groups excluding carboxylic acids is 2. The number of nitrogens with zero attached hydrogens (tertiary/aromatic N) is 2. The molecular formula is C18H19F2N3O2. The van der Waals surface area contributed by atoms with Gasteiger partial charge in [0.2, 0.25) is 11.8 Å². The maximum absolute atomic E-state index is 13.5. The first-order valence-electron chi connectivity index (χ1n) is 7.76. The molecule has 7 heteroatoms. The Bertz CT molecular complexity index is 781. The highest BCUT2D eigenvalue weighted by Crippen LogP contribution is 2.12. The molecule has 0 atom stereocenters. The van der Waals surface area contributed by atoms with Gasteiger partial charge in [-0.05, 0) is 49.2 Å². The van der Waals surface area contributed by atoms with Crippen LogP contribution in [0.2, 0.25) is 0 Å². The van der Waals surface area contributed by atoms with E-state index in [-0.39, 0.29) is 36.8 Å². The Hall–Kier alpha value is -2.83. The van der Waals surface area contributed by atoms with Gasteiger partial charge in [-0.2, -0.15) is 0 Å². The standard InChI is InChI=1S/C18H19F2N3O2/c1-12-4-3-5-16(21-12)22-17(24)11-23(2)18(25)9-6-13-10-14(19)7-8-15(13)20/h3-5,7-8,10H,6,9,11H2,1-2H3,(H,21,22,24). The van der Waals surface area contributed by atoms with Gasteiger partial charge < -0.3 is 10.2 Å². The number of amides is 2. The summed E-state index contributed by atoms with van der Waals surface area (Å²) in [6, 6.07) is 8.34. The molecule has 132 valence electrons. The monoisotopic (exact) mass is 347 g/mol. The number of hydrogen-bond acceptors (Lipinski definition) is 3. The van der Waals surface area contributed by atoms with Gasteiger partial charge in [0.15, 0.2) is 0 Å². The normalized spacial score (nSPS) is 10.4. The minimum absolute atomic E-state index is 0.0210. The number of hydrogen-bond donors (Lipinski definition) is 1. The van der Waals surface area contributed by atoms with E-state index in [1.54, 1.807) is 25.1 Å². The fourth-order valence-corrected chi connectivity index (χ4v) is 2.27. The summed E-state index contributed by atoms with van der Waals surface area (Å²) in [7, 11) is 1.48. The molecule has 2 amide bonds. The Balaban J connectivity index is 1.85. The predicted octanol–water partition coefficient (Wildman–Crippen LogP) is 2.70. The first kappa shape index (κ1) is 18.5. The van der Waals surface area contributed by atoms with E-state index >= 15 is 0 Å². The molecule has 0 radical (unpaired) electrons. The van der Waals surface area contributed by atoms with Crippen LogP contribution < -0.4 is 5.32 Å². The average molecular weight is 347 g/mol. The number of nitrogens with one attached hydrogen (secondary N) is 1. The molecule has 0 unspecified atom stereocenters. The van der Waals surface area contributed by atoms with Crippen molar-refractivity contribution >= 4 is 17.6 Å². The van der Waals surface area contributed by atoms with Crippen LogP contribution in [0.15, 0.2) is 36.4 Å². The Morgan fingerprint density at radius 2 is 1.96 bits per heavy atom. The molecule has 1 N–H and O–H groups in total. The summed E-state index contributed by atoms with van der Waals surface area (Å²) in [6.45, 7) is 1.65. The molecule has 25 heavy (non-hydrogen) atoms. The topological polar surface area (TPSA) is 62.3 Å². The zero-order valence-electron chi connectivity index (χ0n) is 14.1. The van der Waals surface area contributed by atoms with Crippen molar-refractivity contribution in [1.82, 2.24) is 9.88 Å². The van der Waals surface area contributed by atoms with Crippen LogP contribution in [0.3, 0.4) is 0 Å². The van der Waals surface area contributed by atoms with Gasteiger partial charge >= 0.3 is 0 Å². The Morgan fingerprint density at radius 1 is 1.20 bits per heavy atom. The predicted molar refractivity (Wildman–Crippen MR) is 89.9 cm³/mol. The lowest BCUT2D eigenvalue weighted by molar-refractivity contribution is -0.133. The second-order valence-corrected chi connectivity index (χ2v) is 5.70. The van der Waals surface area contributed by atoms with Crippen molar-refractivity contribution in [2.45, 2.75) is 19.8 Å². The number of aryl methyl sites for hydroxylation is 2. The van der Waals surface area contributed by atoms with Crippen molar-refractivity contribution in [2.24, 2.45) is 0 Å². The summed E-state index contributed by atoms with van der Waals surface area (Å²) >= 11 is 0. The van der Waals surface area contributed by atoms with E-state index in [2.05, 4.69) is 10.3 Å². The molecule has 1 aromatic carbocycles. The molecule has 0 fully saturated rings. The van der Waals surface area contributed by atoms with Crippen LogP contribution in [0.5, 0.6) is 0 Å². The third-order valence-electron chi connectivity index (χ3n) is 3.58. The zero-order valence-corrected chi connectivity index (χ0v) is 14.1. The molecule has 2 aromatic rings. The van der Waals surface area contributed by atoms with E-state index < -0.39 is 11.6 Å². The third-order valence-corrected chi connectivity index (χ3v) is 3.58. The smallest absolute Gasteiger partial charge is 0.245 e. The highest BCUT2D eigenvalue weighted by molar-refractivity contribution is 5.93. The van der Waals surface area contributed by atoms with Crippen LogP contribution >= 0.6 is 0 Å². The van der Waals surface area contributed by atoms with Gasteiger partial charge in [0.25, 0.3) is 0 Å². The van der Waals surface area contributed by atoms with Crippen LogP contribution in [0.4, 0.5) is 14.6 Å². The number of anilines is 1. The maximum atomic E-state index is 13.5. The number of benzene rings is 1. The van der Waals surface area contributed by atoms with Gasteiger partial charge in [-0.3, -0.25) is 9.59 Å². The molecule has 1 aromatic heterocycles. The average Bonchev–Trinajstić information content (AvgIpc) is 2.55. The molecule has 0 aliphatic rings. The molecule has 0 aliphatic heterocycles. The van der Waals surface area contributed by atoms with E-state index in [1.165, 1.54) is 11.9 Å². The van der Waals surface area contributed by atoms with Crippen molar-refractivity contribution in [3.05, 3.63) is 59.3 Å². The first-order chi connectivity index (χ1) is 11.8. The van der Waals surface area contributed by atoms with Gasteiger partial charge in [-0.25, -0.2) is 13.8 Å². The number of aromatic nitrogens is 1. The zero-order chi connectivity index (χ0) is 18.4. The lowest BCUT2D eigenvalue weighted by Gasteiger charge is -2.17. The van der Waals surface area contributed by atoms with Gasteiger partial charge in [0.1, 0.15) is 17.5 Å². The molecular weight excluding hydrogens is 328 g/mol.